The molecule has 0 fully saturated rings. The molecule has 1 heterocycles. The number of amides is 1. The topological polar surface area (TPSA) is 90.9 Å². The van der Waals surface area contributed by atoms with Gasteiger partial charge in [0.2, 0.25) is 0 Å². The molecule has 1 unspecified atom stereocenters. The van der Waals surface area contributed by atoms with Crippen molar-refractivity contribution in [3.05, 3.63) is 59.4 Å². The van der Waals surface area contributed by atoms with Gasteiger partial charge in [0.1, 0.15) is 0 Å². The summed E-state index contributed by atoms with van der Waals surface area (Å²) in [6.45, 7) is 1.81. The number of nitrogens with one attached hydrogen (secondary N) is 2. The van der Waals surface area contributed by atoms with E-state index < -0.39 is 6.10 Å². The maximum absolute atomic E-state index is 11.9. The van der Waals surface area contributed by atoms with Crippen LogP contribution in [0.3, 0.4) is 0 Å². The van der Waals surface area contributed by atoms with Crippen LogP contribution in [0.25, 0.3) is 10.8 Å². The van der Waals surface area contributed by atoms with Crippen LogP contribution < -0.4 is 5.32 Å². The van der Waals surface area contributed by atoms with Crippen molar-refractivity contribution in [2.45, 2.75) is 13.0 Å². The average molecular weight is 296 g/mol. The number of aryl methyl sites for hydroxylation is 1. The van der Waals surface area contributed by atoms with Crippen molar-refractivity contribution in [1.29, 1.82) is 0 Å². The third-order valence-corrected chi connectivity index (χ3v) is 3.55. The molecule has 0 saturated heterocycles. The van der Waals surface area contributed by atoms with Gasteiger partial charge >= 0.3 is 0 Å². The molecule has 1 atom stereocenters. The van der Waals surface area contributed by atoms with Gasteiger partial charge in [-0.1, -0.05) is 36.4 Å². The van der Waals surface area contributed by atoms with Gasteiger partial charge in [0, 0.05) is 6.54 Å². The smallest absolute Gasteiger partial charge is 0.273 e. The quantitative estimate of drug-likeness (QED) is 0.684. The van der Waals surface area contributed by atoms with Crippen LogP contribution in [0.15, 0.2) is 42.5 Å². The van der Waals surface area contributed by atoms with E-state index in [0.29, 0.717) is 5.69 Å². The lowest BCUT2D eigenvalue weighted by Gasteiger charge is -2.12. The molecule has 1 amide bonds. The number of hydrogen-bond donors (Lipinski definition) is 3. The van der Waals surface area contributed by atoms with Crippen LogP contribution in [-0.4, -0.2) is 33.0 Å². The highest BCUT2D eigenvalue weighted by atomic mass is 16.3. The van der Waals surface area contributed by atoms with Crippen LogP contribution in [-0.2, 0) is 0 Å². The van der Waals surface area contributed by atoms with E-state index in [1.54, 1.807) is 6.92 Å². The minimum absolute atomic E-state index is 0.115. The molecule has 6 heteroatoms. The lowest BCUT2D eigenvalue weighted by atomic mass is 10.0. The largest absolute Gasteiger partial charge is 0.387 e. The Morgan fingerprint density at radius 1 is 1.23 bits per heavy atom. The van der Waals surface area contributed by atoms with Gasteiger partial charge in [-0.15, -0.1) is 0 Å². The first kappa shape index (κ1) is 14.2. The normalized spacial score (nSPS) is 12.3. The number of nitrogens with zero attached hydrogens (tertiary/aromatic N) is 2. The zero-order valence-corrected chi connectivity index (χ0v) is 12.1. The monoisotopic (exact) mass is 296 g/mol. The lowest BCUT2D eigenvalue weighted by Crippen LogP contribution is -2.29. The number of carbonyl (C=O) groups excluding carboxylic acids is 1. The molecule has 0 aliphatic rings. The highest BCUT2D eigenvalue weighted by Gasteiger charge is 2.15. The fraction of sp³-hybridized carbons (Fsp3) is 0.188. The predicted octanol–water partition coefficient (Wildman–Crippen LogP) is 1.73. The van der Waals surface area contributed by atoms with Crippen LogP contribution in [0.5, 0.6) is 0 Å². The standard InChI is InChI=1S/C16H16N4O2/c1-10-15(19-20-18-10)16(22)17-9-14(21)13-7-6-11-4-2-3-5-12(11)8-13/h2-8,14,21H,9H2,1H3,(H,17,22)(H,18,19,20). The Kier molecular flexibility index (Phi) is 3.84. The van der Waals surface area contributed by atoms with Gasteiger partial charge in [-0.3, -0.25) is 4.79 Å². The summed E-state index contributed by atoms with van der Waals surface area (Å²) in [4.78, 5) is 11.9. The maximum Gasteiger partial charge on any atom is 0.273 e. The molecular formula is C16H16N4O2. The van der Waals surface area contributed by atoms with Crippen molar-refractivity contribution in [3.8, 4) is 0 Å². The van der Waals surface area contributed by atoms with Crippen molar-refractivity contribution < 1.29 is 9.90 Å². The number of H-pyrrole nitrogens is 1. The number of aliphatic hydroxyl groups is 1. The molecule has 0 spiro atoms. The van der Waals surface area contributed by atoms with Gasteiger partial charge in [-0.25, -0.2) is 0 Å². The number of benzene rings is 2. The summed E-state index contributed by atoms with van der Waals surface area (Å²) in [5.41, 5.74) is 1.53. The highest BCUT2D eigenvalue weighted by molar-refractivity contribution is 5.93. The van der Waals surface area contributed by atoms with Crippen molar-refractivity contribution in [2.24, 2.45) is 0 Å². The second-order valence-electron chi connectivity index (χ2n) is 5.09. The minimum atomic E-state index is -0.777. The van der Waals surface area contributed by atoms with Gasteiger partial charge in [-0.2, -0.15) is 15.4 Å². The number of hydrogen-bond acceptors (Lipinski definition) is 4. The first-order valence-corrected chi connectivity index (χ1v) is 6.97. The van der Waals surface area contributed by atoms with Crippen LogP contribution in [0.4, 0.5) is 0 Å². The fourth-order valence-corrected chi connectivity index (χ4v) is 2.30. The summed E-state index contributed by atoms with van der Waals surface area (Å²) in [6, 6.07) is 13.7. The van der Waals surface area contributed by atoms with Crippen molar-refractivity contribution in [3.63, 3.8) is 0 Å². The predicted molar refractivity (Wildman–Crippen MR) is 82.4 cm³/mol. The first-order chi connectivity index (χ1) is 10.6. The Morgan fingerprint density at radius 3 is 2.73 bits per heavy atom. The number of fused-ring (bicyclic) bond motifs is 1. The Hall–Kier alpha value is -2.73. The van der Waals surface area contributed by atoms with Crippen molar-refractivity contribution in [2.75, 3.05) is 6.54 Å². The molecule has 1 aromatic heterocycles. The van der Waals surface area contributed by atoms with Gasteiger partial charge in [-0.05, 0) is 29.3 Å². The molecule has 0 aliphatic heterocycles. The summed E-state index contributed by atoms with van der Waals surface area (Å²) in [5.74, 6) is -0.355. The van der Waals surface area contributed by atoms with Gasteiger partial charge in [0.15, 0.2) is 5.69 Å². The average Bonchev–Trinajstić information content (AvgIpc) is 2.98. The second-order valence-corrected chi connectivity index (χ2v) is 5.09. The Labute approximate surface area is 127 Å². The first-order valence-electron chi connectivity index (χ1n) is 6.97. The second kappa shape index (κ2) is 5.95. The van der Waals surface area contributed by atoms with E-state index >= 15 is 0 Å². The van der Waals surface area contributed by atoms with Crippen LogP contribution >= 0.6 is 0 Å². The molecule has 2 aromatic carbocycles. The van der Waals surface area contributed by atoms with E-state index in [4.69, 9.17) is 0 Å². The SMILES string of the molecule is Cc1n[nH]nc1C(=O)NCC(O)c1ccc2ccccc2c1. The molecule has 0 radical (unpaired) electrons. The fourth-order valence-electron chi connectivity index (χ4n) is 2.30. The van der Waals surface area contributed by atoms with Crippen molar-refractivity contribution >= 4 is 16.7 Å². The Morgan fingerprint density at radius 2 is 2.00 bits per heavy atom. The summed E-state index contributed by atoms with van der Waals surface area (Å²) in [5, 5.41) is 25.0. The number of carbonyl (C=O) groups is 1. The lowest BCUT2D eigenvalue weighted by molar-refractivity contribution is 0.0911. The van der Waals surface area contributed by atoms with E-state index in [2.05, 4.69) is 20.7 Å². The van der Waals surface area contributed by atoms with Crippen LogP contribution in [0.2, 0.25) is 0 Å². The highest BCUT2D eigenvalue weighted by Crippen LogP contribution is 2.20. The zero-order valence-electron chi connectivity index (χ0n) is 12.1. The zero-order chi connectivity index (χ0) is 15.5. The molecule has 0 bridgehead atoms. The van der Waals surface area contributed by atoms with Crippen LogP contribution in [0.1, 0.15) is 27.8 Å². The Balaban J connectivity index is 1.69. The van der Waals surface area contributed by atoms with Gasteiger partial charge in [0.25, 0.3) is 5.91 Å². The van der Waals surface area contributed by atoms with Crippen LogP contribution in [0, 0.1) is 6.92 Å². The minimum Gasteiger partial charge on any atom is -0.387 e. The number of aromatic nitrogens is 3. The third-order valence-electron chi connectivity index (χ3n) is 3.55. The maximum atomic E-state index is 11.9. The molecule has 22 heavy (non-hydrogen) atoms. The summed E-state index contributed by atoms with van der Waals surface area (Å²) >= 11 is 0. The molecule has 3 rings (SSSR count). The number of aliphatic hydroxyl groups excluding tert-OH is 1. The molecule has 6 nitrogen and oxygen atoms in total. The summed E-state index contributed by atoms with van der Waals surface area (Å²) < 4.78 is 0. The van der Waals surface area contributed by atoms with Crippen molar-refractivity contribution in [1.82, 2.24) is 20.7 Å². The number of aromatic amines is 1. The van der Waals surface area contributed by atoms with E-state index in [1.165, 1.54) is 0 Å². The molecule has 0 aliphatic carbocycles. The molecule has 112 valence electrons. The molecule has 0 saturated carbocycles. The summed E-state index contributed by atoms with van der Waals surface area (Å²) in [7, 11) is 0. The van der Waals surface area contributed by atoms with E-state index in [1.807, 2.05) is 42.5 Å². The molecule has 3 aromatic rings. The van der Waals surface area contributed by atoms with E-state index in [9.17, 15) is 9.90 Å². The van der Waals surface area contributed by atoms with Gasteiger partial charge in [0.05, 0.1) is 11.8 Å². The summed E-state index contributed by atoms with van der Waals surface area (Å²) in [6.07, 6.45) is -0.777. The van der Waals surface area contributed by atoms with E-state index in [-0.39, 0.29) is 18.1 Å². The molecular weight excluding hydrogens is 280 g/mol. The molecule has 3 N–H and O–H groups in total. The van der Waals surface area contributed by atoms with Gasteiger partial charge < -0.3 is 10.4 Å². The van der Waals surface area contributed by atoms with E-state index in [0.717, 1.165) is 16.3 Å². The third kappa shape index (κ3) is 2.82. The Bertz CT molecular complexity index is 813. The number of rotatable bonds is 4.